The van der Waals surface area contributed by atoms with Gasteiger partial charge >= 0.3 is 0 Å². The van der Waals surface area contributed by atoms with Crippen LogP contribution in [-0.4, -0.2) is 17.4 Å². The number of nitrogens with zero attached hydrogens (tertiary/aromatic N) is 2. The van der Waals surface area contributed by atoms with E-state index in [1.165, 1.54) is 12.1 Å². The van der Waals surface area contributed by atoms with Crippen molar-refractivity contribution in [2.24, 2.45) is 11.1 Å². The van der Waals surface area contributed by atoms with Crippen LogP contribution in [0.4, 0.5) is 11.4 Å². The van der Waals surface area contributed by atoms with Crippen molar-refractivity contribution in [3.63, 3.8) is 0 Å². The zero-order valence-corrected chi connectivity index (χ0v) is 10.6. The number of nitrogens with one attached hydrogen (secondary N) is 1. The minimum atomic E-state index is -0.783. The van der Waals surface area contributed by atoms with Crippen molar-refractivity contribution in [1.82, 2.24) is 0 Å². The Labute approximate surface area is 110 Å². The molecule has 0 aliphatic rings. The highest BCUT2D eigenvalue weighted by Gasteiger charge is 2.26. The van der Waals surface area contributed by atoms with Gasteiger partial charge in [-0.05, 0) is 19.9 Å². The van der Waals surface area contributed by atoms with Gasteiger partial charge in [0.05, 0.1) is 21.6 Å². The molecule has 0 atom stereocenters. The summed E-state index contributed by atoms with van der Waals surface area (Å²) in [7, 11) is 0. The van der Waals surface area contributed by atoms with Crippen LogP contribution in [0.1, 0.15) is 19.4 Å². The monoisotopic (exact) mass is 262 g/mol. The minimum Gasteiger partial charge on any atom is -0.329 e. The van der Waals surface area contributed by atoms with Crippen molar-refractivity contribution in [2.75, 3.05) is 11.9 Å². The third-order valence-electron chi connectivity index (χ3n) is 2.71. The molecule has 1 rings (SSSR count). The molecule has 0 spiro atoms. The average molecular weight is 262 g/mol. The highest BCUT2D eigenvalue weighted by molar-refractivity contribution is 5.96. The van der Waals surface area contributed by atoms with E-state index in [9.17, 15) is 14.9 Å². The number of carbonyl (C=O) groups is 1. The summed E-state index contributed by atoms with van der Waals surface area (Å²) < 4.78 is 0. The van der Waals surface area contributed by atoms with E-state index >= 15 is 0 Å². The molecule has 0 saturated heterocycles. The number of benzene rings is 1. The summed E-state index contributed by atoms with van der Waals surface area (Å²) in [6.45, 7) is 3.48. The van der Waals surface area contributed by atoms with Gasteiger partial charge in [-0.3, -0.25) is 14.9 Å². The third-order valence-corrected chi connectivity index (χ3v) is 2.71. The van der Waals surface area contributed by atoms with E-state index in [1.807, 2.05) is 6.07 Å². The molecular formula is C12H14N4O3. The smallest absolute Gasteiger partial charge is 0.270 e. The van der Waals surface area contributed by atoms with Gasteiger partial charge in [0.2, 0.25) is 5.91 Å². The fraction of sp³-hybridized carbons (Fsp3) is 0.333. The van der Waals surface area contributed by atoms with Gasteiger partial charge in [0.15, 0.2) is 0 Å². The lowest BCUT2D eigenvalue weighted by Gasteiger charge is -2.21. The number of nitrogens with two attached hydrogens (primary N) is 1. The normalized spacial score (nSPS) is 10.6. The van der Waals surface area contributed by atoms with E-state index in [0.717, 1.165) is 6.07 Å². The molecule has 0 bridgehead atoms. The van der Waals surface area contributed by atoms with Crippen LogP contribution in [0.2, 0.25) is 0 Å². The number of hydrogen-bond donors (Lipinski definition) is 2. The number of nitriles is 1. The Kier molecular flexibility index (Phi) is 4.19. The van der Waals surface area contributed by atoms with Crippen molar-refractivity contribution in [3.8, 4) is 6.07 Å². The van der Waals surface area contributed by atoms with Crippen LogP contribution in [0.3, 0.4) is 0 Å². The molecule has 1 aromatic carbocycles. The molecule has 1 amide bonds. The number of carbonyl (C=O) groups excluding carboxylic acids is 1. The summed E-state index contributed by atoms with van der Waals surface area (Å²) in [5, 5.41) is 22.1. The summed E-state index contributed by atoms with van der Waals surface area (Å²) >= 11 is 0. The van der Waals surface area contributed by atoms with Crippen molar-refractivity contribution in [2.45, 2.75) is 13.8 Å². The fourth-order valence-corrected chi connectivity index (χ4v) is 1.23. The summed E-state index contributed by atoms with van der Waals surface area (Å²) in [6.07, 6.45) is 0. The number of rotatable bonds is 4. The lowest BCUT2D eigenvalue weighted by molar-refractivity contribution is -0.384. The molecule has 0 fully saturated rings. The SMILES string of the molecule is CC(C)(CN)C(=O)Nc1ccc([N+](=O)[O-])cc1C#N. The second-order valence-corrected chi connectivity index (χ2v) is 4.64. The topological polar surface area (TPSA) is 122 Å². The lowest BCUT2D eigenvalue weighted by Crippen LogP contribution is -2.37. The molecule has 0 aliphatic carbocycles. The van der Waals surface area contributed by atoms with E-state index < -0.39 is 10.3 Å². The highest BCUT2D eigenvalue weighted by atomic mass is 16.6. The third kappa shape index (κ3) is 3.26. The number of nitro groups is 1. The van der Waals surface area contributed by atoms with E-state index in [4.69, 9.17) is 11.0 Å². The van der Waals surface area contributed by atoms with Gasteiger partial charge in [-0.15, -0.1) is 0 Å². The number of hydrogen-bond acceptors (Lipinski definition) is 5. The average Bonchev–Trinajstić information content (AvgIpc) is 2.38. The van der Waals surface area contributed by atoms with Gasteiger partial charge in [-0.25, -0.2) is 0 Å². The predicted octanol–water partition coefficient (Wildman–Crippen LogP) is 1.39. The highest BCUT2D eigenvalue weighted by Crippen LogP contribution is 2.23. The molecule has 7 heteroatoms. The van der Waals surface area contributed by atoms with E-state index in [-0.39, 0.29) is 29.4 Å². The minimum absolute atomic E-state index is 0.0374. The van der Waals surface area contributed by atoms with Crippen LogP contribution < -0.4 is 11.1 Å². The van der Waals surface area contributed by atoms with Crippen LogP contribution in [0.5, 0.6) is 0 Å². The Bertz CT molecular complexity index is 561. The zero-order valence-electron chi connectivity index (χ0n) is 10.6. The molecule has 7 nitrogen and oxygen atoms in total. The standard InChI is InChI=1S/C12H14N4O3/c1-12(2,7-14)11(17)15-10-4-3-9(16(18)19)5-8(10)6-13/h3-5H,7,14H2,1-2H3,(H,15,17). The van der Waals surface area contributed by atoms with Gasteiger partial charge in [-0.2, -0.15) is 5.26 Å². The quantitative estimate of drug-likeness (QED) is 0.627. The largest absolute Gasteiger partial charge is 0.329 e. The molecule has 19 heavy (non-hydrogen) atoms. The number of anilines is 1. The first-order chi connectivity index (χ1) is 8.81. The van der Waals surface area contributed by atoms with Crippen molar-refractivity contribution >= 4 is 17.3 Å². The van der Waals surface area contributed by atoms with Gasteiger partial charge in [0, 0.05) is 18.7 Å². The Morgan fingerprint density at radius 1 is 1.58 bits per heavy atom. The first kappa shape index (κ1) is 14.6. The number of amides is 1. The molecule has 0 saturated carbocycles. The van der Waals surface area contributed by atoms with Crippen LogP contribution >= 0.6 is 0 Å². The van der Waals surface area contributed by atoms with Crippen molar-refractivity contribution in [3.05, 3.63) is 33.9 Å². The molecule has 0 radical (unpaired) electrons. The second kappa shape index (κ2) is 5.46. The maximum absolute atomic E-state index is 11.9. The Hall–Kier alpha value is -2.46. The van der Waals surface area contributed by atoms with Gasteiger partial charge < -0.3 is 11.1 Å². The van der Waals surface area contributed by atoms with E-state index in [1.54, 1.807) is 13.8 Å². The maximum Gasteiger partial charge on any atom is 0.270 e. The van der Waals surface area contributed by atoms with E-state index in [2.05, 4.69) is 5.32 Å². The number of non-ortho nitro benzene ring substituents is 1. The first-order valence-corrected chi connectivity index (χ1v) is 5.52. The van der Waals surface area contributed by atoms with Gasteiger partial charge in [0.25, 0.3) is 5.69 Å². The van der Waals surface area contributed by atoms with Gasteiger partial charge in [-0.1, -0.05) is 0 Å². The van der Waals surface area contributed by atoms with Gasteiger partial charge in [0.1, 0.15) is 6.07 Å². The second-order valence-electron chi connectivity index (χ2n) is 4.64. The molecule has 0 aromatic heterocycles. The zero-order chi connectivity index (χ0) is 14.6. The Morgan fingerprint density at radius 2 is 2.21 bits per heavy atom. The predicted molar refractivity (Wildman–Crippen MR) is 69.3 cm³/mol. The van der Waals surface area contributed by atoms with Crippen LogP contribution in [0.15, 0.2) is 18.2 Å². The summed E-state index contributed by atoms with van der Waals surface area (Å²) in [5.74, 6) is -0.347. The Balaban J connectivity index is 3.07. The molecule has 1 aromatic rings. The molecule has 0 unspecified atom stereocenters. The number of nitro benzene ring substituents is 1. The lowest BCUT2D eigenvalue weighted by atomic mass is 9.92. The Morgan fingerprint density at radius 3 is 2.68 bits per heavy atom. The maximum atomic E-state index is 11.9. The first-order valence-electron chi connectivity index (χ1n) is 5.52. The molecular weight excluding hydrogens is 248 g/mol. The van der Waals surface area contributed by atoms with Crippen LogP contribution in [-0.2, 0) is 4.79 Å². The molecule has 0 heterocycles. The fourth-order valence-electron chi connectivity index (χ4n) is 1.23. The molecule has 0 aliphatic heterocycles. The van der Waals surface area contributed by atoms with Crippen molar-refractivity contribution in [1.29, 1.82) is 5.26 Å². The van der Waals surface area contributed by atoms with Crippen molar-refractivity contribution < 1.29 is 9.72 Å². The summed E-state index contributed by atoms with van der Waals surface area (Å²) in [6, 6.07) is 5.49. The molecule has 3 N–H and O–H groups in total. The van der Waals surface area contributed by atoms with Crippen LogP contribution in [0.25, 0.3) is 0 Å². The summed E-state index contributed by atoms with van der Waals surface area (Å²) in [4.78, 5) is 21.9. The molecule has 100 valence electrons. The summed E-state index contributed by atoms with van der Waals surface area (Å²) in [5.41, 5.74) is 4.77. The van der Waals surface area contributed by atoms with Crippen LogP contribution in [0, 0.1) is 26.9 Å². The van der Waals surface area contributed by atoms with E-state index in [0.29, 0.717) is 0 Å².